The third-order valence-electron chi connectivity index (χ3n) is 5.42. The summed E-state index contributed by atoms with van der Waals surface area (Å²) in [7, 11) is -3.91. The molecular formula is C25H22N2O6S. The lowest BCUT2D eigenvalue weighted by Gasteiger charge is -2.23. The first-order valence-corrected chi connectivity index (χ1v) is 12.1. The molecule has 0 saturated heterocycles. The van der Waals surface area contributed by atoms with Crippen molar-refractivity contribution >= 4 is 33.5 Å². The molecule has 1 heterocycles. The molecule has 0 radical (unpaired) electrons. The van der Waals surface area contributed by atoms with Gasteiger partial charge in [0.05, 0.1) is 33.8 Å². The molecule has 1 aliphatic rings. The van der Waals surface area contributed by atoms with Crippen LogP contribution in [0.1, 0.15) is 38.0 Å². The second-order valence-corrected chi connectivity index (χ2v) is 9.34. The van der Waals surface area contributed by atoms with Crippen LogP contribution in [0.3, 0.4) is 0 Å². The number of nitrogens with zero attached hydrogens (tertiary/aromatic N) is 2. The van der Waals surface area contributed by atoms with Crippen molar-refractivity contribution in [2.45, 2.75) is 11.8 Å². The number of hydrogen-bond donors (Lipinski definition) is 0. The fourth-order valence-corrected chi connectivity index (χ4v) is 5.27. The molecule has 34 heavy (non-hydrogen) atoms. The maximum atomic E-state index is 13.2. The minimum absolute atomic E-state index is 0.0481. The Hall–Kier alpha value is -3.98. The fraction of sp³-hybridized carbons (Fsp3) is 0.160. The lowest BCUT2D eigenvalue weighted by molar-refractivity contribution is 0.0420. The highest BCUT2D eigenvalue weighted by Crippen LogP contribution is 2.24. The smallest absolute Gasteiger partial charge is 0.338 e. The second kappa shape index (κ2) is 9.48. The van der Waals surface area contributed by atoms with E-state index in [1.165, 1.54) is 28.6 Å². The molecule has 0 atom stereocenters. The number of para-hydroxylation sites is 1. The average molecular weight is 479 g/mol. The number of carbonyl (C=O) groups excluding carboxylic acids is 3. The van der Waals surface area contributed by atoms with E-state index in [-0.39, 0.29) is 30.2 Å². The van der Waals surface area contributed by atoms with Crippen molar-refractivity contribution in [3.63, 3.8) is 0 Å². The second-order valence-electron chi connectivity index (χ2n) is 7.48. The number of ether oxygens (including phenoxy) is 1. The van der Waals surface area contributed by atoms with Crippen molar-refractivity contribution in [2.24, 2.45) is 0 Å². The van der Waals surface area contributed by atoms with Crippen LogP contribution in [0.2, 0.25) is 0 Å². The van der Waals surface area contributed by atoms with E-state index in [4.69, 9.17) is 4.74 Å². The molecule has 9 heteroatoms. The normalized spacial score (nSPS) is 13.0. The minimum Gasteiger partial charge on any atom is -0.460 e. The van der Waals surface area contributed by atoms with Gasteiger partial charge in [0.2, 0.25) is 0 Å². The van der Waals surface area contributed by atoms with Gasteiger partial charge in [0, 0.05) is 6.54 Å². The van der Waals surface area contributed by atoms with Crippen LogP contribution in [0.5, 0.6) is 0 Å². The van der Waals surface area contributed by atoms with Gasteiger partial charge in [-0.05, 0) is 49.4 Å². The largest absolute Gasteiger partial charge is 0.460 e. The highest BCUT2D eigenvalue weighted by Gasteiger charge is 2.35. The number of sulfonamides is 1. The van der Waals surface area contributed by atoms with Crippen LogP contribution in [-0.2, 0) is 14.8 Å². The lowest BCUT2D eigenvalue weighted by Crippen LogP contribution is -2.33. The Morgan fingerprint density at radius 2 is 1.50 bits per heavy atom. The number of amides is 2. The van der Waals surface area contributed by atoms with Crippen LogP contribution in [-0.4, -0.2) is 50.8 Å². The van der Waals surface area contributed by atoms with E-state index in [1.807, 2.05) is 0 Å². The highest BCUT2D eigenvalue weighted by molar-refractivity contribution is 7.92. The zero-order valence-corrected chi connectivity index (χ0v) is 19.2. The van der Waals surface area contributed by atoms with Gasteiger partial charge < -0.3 is 4.74 Å². The van der Waals surface area contributed by atoms with Crippen LogP contribution in [0.15, 0.2) is 83.8 Å². The number of imide groups is 1. The molecule has 3 aromatic rings. The maximum Gasteiger partial charge on any atom is 0.338 e. The molecule has 8 nitrogen and oxygen atoms in total. The Balaban J connectivity index is 1.44. The van der Waals surface area contributed by atoms with Crippen LogP contribution in [0, 0.1) is 0 Å². The van der Waals surface area contributed by atoms with Gasteiger partial charge in [0.25, 0.3) is 21.8 Å². The topological polar surface area (TPSA) is 101 Å². The molecule has 0 aliphatic carbocycles. The quantitative estimate of drug-likeness (QED) is 0.364. The Morgan fingerprint density at radius 3 is 2.12 bits per heavy atom. The number of fused-ring (bicyclic) bond motifs is 1. The predicted octanol–water partition coefficient (Wildman–Crippen LogP) is 3.35. The van der Waals surface area contributed by atoms with Gasteiger partial charge in [-0.2, -0.15) is 0 Å². The molecule has 0 aromatic heterocycles. The van der Waals surface area contributed by atoms with Crippen molar-refractivity contribution < 1.29 is 27.5 Å². The number of esters is 1. The van der Waals surface area contributed by atoms with Crippen molar-refractivity contribution in [1.29, 1.82) is 0 Å². The summed E-state index contributed by atoms with van der Waals surface area (Å²) in [6.07, 6.45) is 0. The summed E-state index contributed by atoms with van der Waals surface area (Å²) in [4.78, 5) is 38.4. The van der Waals surface area contributed by atoms with Gasteiger partial charge in [0.1, 0.15) is 6.61 Å². The van der Waals surface area contributed by atoms with Crippen LogP contribution < -0.4 is 4.31 Å². The zero-order valence-electron chi connectivity index (χ0n) is 18.4. The summed E-state index contributed by atoms with van der Waals surface area (Å²) in [5.41, 5.74) is 1.19. The molecule has 4 rings (SSSR count). The first kappa shape index (κ1) is 23.2. The molecule has 0 fully saturated rings. The van der Waals surface area contributed by atoms with Gasteiger partial charge in [-0.3, -0.25) is 18.8 Å². The van der Waals surface area contributed by atoms with Gasteiger partial charge >= 0.3 is 5.97 Å². The number of carbonyl (C=O) groups is 3. The van der Waals surface area contributed by atoms with Gasteiger partial charge in [-0.1, -0.05) is 36.4 Å². The number of anilines is 1. The van der Waals surface area contributed by atoms with E-state index in [9.17, 15) is 22.8 Å². The Kier molecular flexibility index (Phi) is 6.47. The summed E-state index contributed by atoms with van der Waals surface area (Å²) < 4.78 is 32.9. The lowest BCUT2D eigenvalue weighted by atomic mass is 10.1. The van der Waals surface area contributed by atoms with Crippen molar-refractivity contribution in [3.8, 4) is 0 Å². The summed E-state index contributed by atoms with van der Waals surface area (Å²) >= 11 is 0. The van der Waals surface area contributed by atoms with Crippen molar-refractivity contribution in [3.05, 3.63) is 95.6 Å². The molecule has 1 aliphatic heterocycles. The van der Waals surface area contributed by atoms with E-state index < -0.39 is 27.8 Å². The van der Waals surface area contributed by atoms with Gasteiger partial charge in [-0.25, -0.2) is 13.2 Å². The van der Waals surface area contributed by atoms with Gasteiger partial charge in [-0.15, -0.1) is 0 Å². The molecule has 0 bridgehead atoms. The third-order valence-corrected chi connectivity index (χ3v) is 7.31. The number of benzene rings is 3. The third kappa shape index (κ3) is 4.29. The van der Waals surface area contributed by atoms with Crippen LogP contribution in [0.25, 0.3) is 0 Å². The summed E-state index contributed by atoms with van der Waals surface area (Å²) in [6, 6.07) is 20.7. The standard InChI is InChI=1S/C25H22N2O6S/c1-2-27(19-10-4-3-5-11-19)34(31,32)20-12-8-9-18(17-20)25(30)33-16-15-26-23(28)21-13-6-7-14-22(21)24(26)29/h3-14,17H,2,15-16H2,1H3. The molecule has 2 amide bonds. The average Bonchev–Trinajstić information content (AvgIpc) is 3.10. The molecule has 0 N–H and O–H groups in total. The molecular weight excluding hydrogens is 456 g/mol. The molecule has 3 aromatic carbocycles. The fourth-order valence-electron chi connectivity index (χ4n) is 3.75. The summed E-state index contributed by atoms with van der Waals surface area (Å²) in [6.45, 7) is 1.61. The Labute approximate surface area is 197 Å². The summed E-state index contributed by atoms with van der Waals surface area (Å²) in [5.74, 6) is -1.63. The minimum atomic E-state index is -3.91. The number of rotatable bonds is 8. The van der Waals surface area contributed by atoms with Crippen LogP contribution >= 0.6 is 0 Å². The maximum absolute atomic E-state index is 13.2. The van der Waals surface area contributed by atoms with Crippen molar-refractivity contribution in [2.75, 3.05) is 24.0 Å². The molecule has 0 spiro atoms. The van der Waals surface area contributed by atoms with E-state index >= 15 is 0 Å². The molecule has 0 unspecified atom stereocenters. The van der Waals surface area contributed by atoms with E-state index in [1.54, 1.807) is 61.5 Å². The predicted molar refractivity (Wildman–Crippen MR) is 125 cm³/mol. The van der Waals surface area contributed by atoms with E-state index in [2.05, 4.69) is 0 Å². The van der Waals surface area contributed by atoms with Gasteiger partial charge in [0.15, 0.2) is 0 Å². The Bertz CT molecular complexity index is 1320. The monoisotopic (exact) mass is 478 g/mol. The first-order valence-electron chi connectivity index (χ1n) is 10.6. The van der Waals surface area contributed by atoms with E-state index in [0.717, 1.165) is 4.90 Å². The highest BCUT2D eigenvalue weighted by atomic mass is 32.2. The first-order chi connectivity index (χ1) is 16.3. The Morgan fingerprint density at radius 1 is 0.882 bits per heavy atom. The molecule has 174 valence electrons. The summed E-state index contributed by atoms with van der Waals surface area (Å²) in [5, 5.41) is 0. The van der Waals surface area contributed by atoms with Crippen LogP contribution in [0.4, 0.5) is 5.69 Å². The number of hydrogen-bond acceptors (Lipinski definition) is 6. The zero-order chi connectivity index (χ0) is 24.3. The van der Waals surface area contributed by atoms with E-state index in [0.29, 0.717) is 16.8 Å². The SMILES string of the molecule is CCN(c1ccccc1)S(=O)(=O)c1cccc(C(=O)OCCN2C(=O)c3ccccc3C2=O)c1. The van der Waals surface area contributed by atoms with Crippen molar-refractivity contribution in [1.82, 2.24) is 4.90 Å². The molecule has 0 saturated carbocycles.